The Balaban J connectivity index is 1.36. The van der Waals surface area contributed by atoms with Crippen LogP contribution in [0.3, 0.4) is 0 Å². The van der Waals surface area contributed by atoms with Crippen molar-refractivity contribution in [3.63, 3.8) is 0 Å². The smallest absolute Gasteiger partial charge is 0.309 e. The minimum atomic E-state index is -0.762. The highest BCUT2D eigenvalue weighted by Gasteiger charge is 2.40. The largest absolute Gasteiger partial charge is 0.481 e. The van der Waals surface area contributed by atoms with Gasteiger partial charge >= 0.3 is 5.97 Å². The van der Waals surface area contributed by atoms with Crippen molar-refractivity contribution in [3.05, 3.63) is 35.9 Å². The Hall–Kier alpha value is -1.92. The van der Waals surface area contributed by atoms with E-state index in [0.29, 0.717) is 45.8 Å². The molecule has 2 fully saturated rings. The SMILES string of the molecule is O=C(O)C1CCO[C@H]1C1CCN(C(=O)CCOCc2ccccc2)CC1. The first kappa shape index (κ1) is 18.9. The molecular weight excluding hydrogens is 334 g/mol. The van der Waals surface area contributed by atoms with Gasteiger partial charge < -0.3 is 19.5 Å². The van der Waals surface area contributed by atoms with E-state index in [9.17, 15) is 14.7 Å². The molecule has 0 aliphatic carbocycles. The van der Waals surface area contributed by atoms with Crippen LogP contribution >= 0.6 is 0 Å². The summed E-state index contributed by atoms with van der Waals surface area (Å²) < 4.78 is 11.3. The number of carbonyl (C=O) groups is 2. The maximum absolute atomic E-state index is 12.3. The van der Waals surface area contributed by atoms with E-state index in [1.807, 2.05) is 35.2 Å². The van der Waals surface area contributed by atoms with E-state index >= 15 is 0 Å². The molecule has 6 heteroatoms. The third-order valence-electron chi connectivity index (χ3n) is 5.38. The van der Waals surface area contributed by atoms with Gasteiger partial charge in [0.2, 0.25) is 5.91 Å². The van der Waals surface area contributed by atoms with Crippen molar-refractivity contribution in [3.8, 4) is 0 Å². The molecule has 2 saturated heterocycles. The van der Waals surface area contributed by atoms with Crippen molar-refractivity contribution in [2.75, 3.05) is 26.3 Å². The van der Waals surface area contributed by atoms with Crippen LogP contribution in [0.25, 0.3) is 0 Å². The fourth-order valence-corrected chi connectivity index (χ4v) is 3.90. The van der Waals surface area contributed by atoms with Crippen LogP contribution in [-0.2, 0) is 25.7 Å². The van der Waals surface area contributed by atoms with E-state index in [4.69, 9.17) is 9.47 Å². The standard InChI is InChI=1S/C20H27NO5/c22-18(9-12-25-14-15-4-2-1-3-5-15)21-10-6-16(7-11-21)19-17(20(23)24)8-13-26-19/h1-5,16-17,19H,6-14H2,(H,23,24)/t17?,19-/m0/s1. The van der Waals surface area contributed by atoms with Gasteiger partial charge in [-0.3, -0.25) is 9.59 Å². The van der Waals surface area contributed by atoms with Crippen molar-refractivity contribution in [2.45, 2.75) is 38.4 Å². The van der Waals surface area contributed by atoms with Crippen LogP contribution in [0.5, 0.6) is 0 Å². The molecule has 0 saturated carbocycles. The number of likely N-dealkylation sites (tertiary alicyclic amines) is 1. The Morgan fingerprint density at radius 3 is 2.58 bits per heavy atom. The second-order valence-electron chi connectivity index (χ2n) is 7.08. The van der Waals surface area contributed by atoms with Crippen LogP contribution in [-0.4, -0.2) is 54.3 Å². The third-order valence-corrected chi connectivity index (χ3v) is 5.38. The number of hydrogen-bond donors (Lipinski definition) is 1. The molecule has 0 radical (unpaired) electrons. The zero-order chi connectivity index (χ0) is 18.4. The normalized spacial score (nSPS) is 23.9. The van der Waals surface area contributed by atoms with Crippen LogP contribution in [0.4, 0.5) is 0 Å². The highest BCUT2D eigenvalue weighted by Crippen LogP contribution is 2.33. The average Bonchev–Trinajstić information content (AvgIpc) is 3.16. The van der Waals surface area contributed by atoms with Crippen molar-refractivity contribution in [1.82, 2.24) is 4.90 Å². The fourth-order valence-electron chi connectivity index (χ4n) is 3.90. The van der Waals surface area contributed by atoms with Gasteiger partial charge in [0.25, 0.3) is 0 Å². The number of benzene rings is 1. The molecule has 1 amide bonds. The van der Waals surface area contributed by atoms with Crippen molar-refractivity contribution in [1.29, 1.82) is 0 Å². The number of rotatable bonds is 7. The summed E-state index contributed by atoms with van der Waals surface area (Å²) in [5.74, 6) is -0.814. The first-order chi connectivity index (χ1) is 12.6. The van der Waals surface area contributed by atoms with Crippen molar-refractivity contribution >= 4 is 11.9 Å². The monoisotopic (exact) mass is 361 g/mol. The molecule has 2 atom stereocenters. The Bertz CT molecular complexity index is 597. The quantitative estimate of drug-likeness (QED) is 0.755. The van der Waals surface area contributed by atoms with Gasteiger partial charge in [-0.1, -0.05) is 30.3 Å². The zero-order valence-electron chi connectivity index (χ0n) is 15.0. The summed E-state index contributed by atoms with van der Waals surface area (Å²) in [4.78, 5) is 25.5. The molecule has 1 aromatic carbocycles. The van der Waals surface area contributed by atoms with Crippen LogP contribution < -0.4 is 0 Å². The van der Waals surface area contributed by atoms with Gasteiger partial charge in [0.05, 0.1) is 31.7 Å². The molecular formula is C20H27NO5. The number of amides is 1. The van der Waals surface area contributed by atoms with E-state index in [1.165, 1.54) is 0 Å². The molecule has 3 rings (SSSR count). The first-order valence-corrected chi connectivity index (χ1v) is 9.39. The number of carbonyl (C=O) groups excluding carboxylic acids is 1. The Morgan fingerprint density at radius 2 is 1.88 bits per heavy atom. The first-order valence-electron chi connectivity index (χ1n) is 9.39. The van der Waals surface area contributed by atoms with Crippen LogP contribution in [0.15, 0.2) is 30.3 Å². The summed E-state index contributed by atoms with van der Waals surface area (Å²) in [5, 5.41) is 9.30. The molecule has 0 spiro atoms. The number of ether oxygens (including phenoxy) is 2. The highest BCUT2D eigenvalue weighted by molar-refractivity contribution is 5.76. The van der Waals surface area contributed by atoms with Gasteiger partial charge in [-0.05, 0) is 30.7 Å². The zero-order valence-corrected chi connectivity index (χ0v) is 15.0. The molecule has 0 bridgehead atoms. The Morgan fingerprint density at radius 1 is 1.15 bits per heavy atom. The number of piperidine rings is 1. The maximum atomic E-state index is 12.3. The second kappa shape index (κ2) is 9.14. The number of hydrogen-bond acceptors (Lipinski definition) is 4. The number of nitrogens with zero attached hydrogens (tertiary/aromatic N) is 1. The Labute approximate surface area is 154 Å². The van der Waals surface area contributed by atoms with E-state index in [-0.39, 0.29) is 17.9 Å². The molecule has 2 heterocycles. The minimum Gasteiger partial charge on any atom is -0.481 e. The number of carboxylic acids is 1. The Kier molecular flexibility index (Phi) is 6.63. The summed E-state index contributed by atoms with van der Waals surface area (Å²) in [6.07, 6.45) is 2.40. The lowest BCUT2D eigenvalue weighted by Crippen LogP contribution is -2.43. The van der Waals surface area contributed by atoms with Gasteiger partial charge in [-0.2, -0.15) is 0 Å². The summed E-state index contributed by atoms with van der Waals surface area (Å²) in [5.41, 5.74) is 1.10. The lowest BCUT2D eigenvalue weighted by Gasteiger charge is -2.35. The molecule has 1 unspecified atom stereocenters. The highest BCUT2D eigenvalue weighted by atomic mass is 16.5. The summed E-state index contributed by atoms with van der Waals surface area (Å²) >= 11 is 0. The fraction of sp³-hybridized carbons (Fsp3) is 0.600. The molecule has 142 valence electrons. The third kappa shape index (κ3) is 4.83. The predicted molar refractivity (Wildman–Crippen MR) is 95.5 cm³/mol. The van der Waals surface area contributed by atoms with E-state index in [1.54, 1.807) is 0 Å². The van der Waals surface area contributed by atoms with Crippen molar-refractivity contribution in [2.24, 2.45) is 11.8 Å². The topological polar surface area (TPSA) is 76.1 Å². The predicted octanol–water partition coefficient (Wildman–Crippen LogP) is 2.32. The molecule has 0 aromatic heterocycles. The van der Waals surface area contributed by atoms with Gasteiger partial charge in [0, 0.05) is 19.7 Å². The summed E-state index contributed by atoms with van der Waals surface area (Å²) in [7, 11) is 0. The molecule has 26 heavy (non-hydrogen) atoms. The van der Waals surface area contributed by atoms with Crippen LogP contribution in [0.1, 0.15) is 31.2 Å². The van der Waals surface area contributed by atoms with Gasteiger partial charge in [-0.25, -0.2) is 0 Å². The number of aliphatic carboxylic acids is 1. The van der Waals surface area contributed by atoms with Crippen LogP contribution in [0, 0.1) is 11.8 Å². The van der Waals surface area contributed by atoms with E-state index < -0.39 is 11.9 Å². The second-order valence-corrected chi connectivity index (χ2v) is 7.08. The molecule has 2 aliphatic heterocycles. The lowest BCUT2D eigenvalue weighted by molar-refractivity contribution is -0.146. The van der Waals surface area contributed by atoms with Gasteiger partial charge in [0.1, 0.15) is 0 Å². The minimum absolute atomic E-state index is 0.110. The van der Waals surface area contributed by atoms with Gasteiger partial charge in [0.15, 0.2) is 0 Å². The summed E-state index contributed by atoms with van der Waals surface area (Å²) in [6.45, 7) is 2.81. The molecule has 6 nitrogen and oxygen atoms in total. The number of carboxylic acid groups (broad SMARTS) is 1. The average molecular weight is 361 g/mol. The molecule has 1 aromatic rings. The lowest BCUT2D eigenvalue weighted by atomic mass is 9.84. The van der Waals surface area contributed by atoms with Crippen molar-refractivity contribution < 1.29 is 24.2 Å². The van der Waals surface area contributed by atoms with Crippen LogP contribution in [0.2, 0.25) is 0 Å². The summed E-state index contributed by atoms with van der Waals surface area (Å²) in [6, 6.07) is 9.91. The van der Waals surface area contributed by atoms with Gasteiger partial charge in [-0.15, -0.1) is 0 Å². The van der Waals surface area contributed by atoms with E-state index in [0.717, 1.165) is 18.4 Å². The van der Waals surface area contributed by atoms with E-state index in [2.05, 4.69) is 0 Å². The molecule has 1 N–H and O–H groups in total. The molecule has 2 aliphatic rings. The maximum Gasteiger partial charge on any atom is 0.309 e.